The van der Waals surface area contributed by atoms with E-state index < -0.39 is 0 Å². The van der Waals surface area contributed by atoms with Gasteiger partial charge < -0.3 is 9.30 Å². The third kappa shape index (κ3) is 3.83. The van der Waals surface area contributed by atoms with Crippen LogP contribution in [-0.2, 0) is 0 Å². The third-order valence-corrected chi connectivity index (χ3v) is 6.01. The topological polar surface area (TPSA) is 39.9 Å². The lowest BCUT2D eigenvalue weighted by molar-refractivity contribution is 0.397. The van der Waals surface area contributed by atoms with Gasteiger partial charge in [0, 0.05) is 11.9 Å². The molecule has 3 aromatic heterocycles. The summed E-state index contributed by atoms with van der Waals surface area (Å²) in [5, 5.41) is 0. The molecule has 3 heterocycles. The molecule has 0 bridgehead atoms. The summed E-state index contributed by atoms with van der Waals surface area (Å²) in [5.74, 6) is 0.980. The molecule has 0 saturated carbocycles. The number of nitrogens with zero attached hydrogens (tertiary/aromatic N) is 3. The lowest BCUT2D eigenvalue weighted by Crippen LogP contribution is -2.08. The molecule has 0 saturated heterocycles. The molecule has 4 aromatic rings. The fourth-order valence-electron chi connectivity index (χ4n) is 4.34. The number of hydrogen-bond donors (Lipinski definition) is 0. The lowest BCUT2D eigenvalue weighted by atomic mass is 10.0. The van der Waals surface area contributed by atoms with Crippen LogP contribution in [0, 0.1) is 13.8 Å². The zero-order chi connectivity index (χ0) is 22.1. The lowest BCUT2D eigenvalue weighted by Gasteiger charge is -2.19. The summed E-state index contributed by atoms with van der Waals surface area (Å²) in [4.78, 5) is 9.85. The van der Waals surface area contributed by atoms with Crippen molar-refractivity contribution in [3.8, 4) is 17.1 Å². The summed E-state index contributed by atoms with van der Waals surface area (Å²) in [6, 6.07) is 17.4. The fraction of sp³-hybridized carbons (Fsp3) is 0.333. The van der Waals surface area contributed by atoms with Gasteiger partial charge in [-0.2, -0.15) is 0 Å². The quantitative estimate of drug-likeness (QED) is 0.347. The van der Waals surface area contributed by atoms with Crippen LogP contribution in [0.15, 0.2) is 54.7 Å². The van der Waals surface area contributed by atoms with Crippen LogP contribution in [-0.4, -0.2) is 21.6 Å². The molecule has 0 aliphatic rings. The van der Waals surface area contributed by atoms with Crippen LogP contribution in [0.2, 0.25) is 0 Å². The normalized spacial score (nSPS) is 12.5. The van der Waals surface area contributed by atoms with Gasteiger partial charge in [-0.25, -0.2) is 9.97 Å². The molecule has 4 nitrogen and oxygen atoms in total. The number of fused-ring (bicyclic) bond motifs is 1. The zero-order valence-corrected chi connectivity index (χ0v) is 19.3. The Morgan fingerprint density at radius 2 is 1.71 bits per heavy atom. The standard InChI is InChI=1S/C27H31N3O/c1-7-23(20-11-9-8-10-12-20)30-16-19(5)26-24(30)15-18(4)25(29-26)21-13-14-22(17(2)3)28-27(21)31-6/h8-17,23H,7H2,1-6H3. The Morgan fingerprint density at radius 3 is 2.35 bits per heavy atom. The van der Waals surface area contributed by atoms with Crippen molar-refractivity contribution in [2.24, 2.45) is 0 Å². The van der Waals surface area contributed by atoms with Gasteiger partial charge in [0.15, 0.2) is 0 Å². The maximum absolute atomic E-state index is 5.65. The Kier molecular flexibility index (Phi) is 5.81. The molecule has 4 rings (SSSR count). The molecule has 1 atom stereocenters. The van der Waals surface area contributed by atoms with Crippen molar-refractivity contribution in [3.05, 3.63) is 77.1 Å². The van der Waals surface area contributed by atoms with Gasteiger partial charge in [0.05, 0.1) is 35.4 Å². The van der Waals surface area contributed by atoms with E-state index in [1.807, 2.05) is 0 Å². The largest absolute Gasteiger partial charge is 0.480 e. The van der Waals surface area contributed by atoms with E-state index in [-0.39, 0.29) is 6.04 Å². The average Bonchev–Trinajstić information content (AvgIpc) is 3.09. The molecule has 1 unspecified atom stereocenters. The van der Waals surface area contributed by atoms with Gasteiger partial charge in [-0.15, -0.1) is 0 Å². The predicted molar refractivity (Wildman–Crippen MR) is 128 cm³/mol. The molecule has 0 aliphatic heterocycles. The van der Waals surface area contributed by atoms with E-state index >= 15 is 0 Å². The molecule has 0 radical (unpaired) electrons. The first-order valence-electron chi connectivity index (χ1n) is 11.0. The highest BCUT2D eigenvalue weighted by atomic mass is 16.5. The summed E-state index contributed by atoms with van der Waals surface area (Å²) < 4.78 is 8.03. The first kappa shape index (κ1) is 21.1. The molecular formula is C27H31N3O. The molecule has 160 valence electrons. The molecule has 0 fully saturated rings. The summed E-state index contributed by atoms with van der Waals surface area (Å²) in [7, 11) is 1.68. The highest BCUT2D eigenvalue weighted by molar-refractivity contribution is 5.85. The molecular weight excluding hydrogens is 382 g/mol. The number of rotatable bonds is 6. The van der Waals surface area contributed by atoms with Crippen LogP contribution in [0.4, 0.5) is 0 Å². The van der Waals surface area contributed by atoms with Gasteiger partial charge >= 0.3 is 0 Å². The monoisotopic (exact) mass is 413 g/mol. The van der Waals surface area contributed by atoms with E-state index in [9.17, 15) is 0 Å². The van der Waals surface area contributed by atoms with Crippen LogP contribution >= 0.6 is 0 Å². The predicted octanol–water partition coefficient (Wildman–Crippen LogP) is 6.85. The van der Waals surface area contributed by atoms with E-state index in [2.05, 4.69) is 93.9 Å². The van der Waals surface area contributed by atoms with Gasteiger partial charge in [0.2, 0.25) is 5.88 Å². The number of pyridine rings is 2. The maximum Gasteiger partial charge on any atom is 0.222 e. The number of ether oxygens (including phenoxy) is 1. The minimum atomic E-state index is 0.283. The molecule has 0 N–H and O–H groups in total. The fourth-order valence-corrected chi connectivity index (χ4v) is 4.34. The van der Waals surface area contributed by atoms with Crippen molar-refractivity contribution in [2.75, 3.05) is 7.11 Å². The maximum atomic E-state index is 5.65. The smallest absolute Gasteiger partial charge is 0.222 e. The number of benzene rings is 1. The van der Waals surface area contributed by atoms with Crippen molar-refractivity contribution in [1.29, 1.82) is 0 Å². The van der Waals surface area contributed by atoms with Crippen molar-refractivity contribution in [1.82, 2.24) is 14.5 Å². The molecule has 4 heteroatoms. The van der Waals surface area contributed by atoms with Crippen LogP contribution in [0.5, 0.6) is 5.88 Å². The first-order chi connectivity index (χ1) is 14.9. The SMILES string of the molecule is CCC(c1ccccc1)n1cc(C)c2nc(-c3ccc(C(C)C)nc3OC)c(C)cc21. The van der Waals surface area contributed by atoms with Gasteiger partial charge in [-0.3, -0.25) is 0 Å². The molecule has 0 aliphatic carbocycles. The van der Waals surface area contributed by atoms with Crippen molar-refractivity contribution < 1.29 is 4.74 Å². The number of methoxy groups -OCH3 is 1. The average molecular weight is 414 g/mol. The molecule has 31 heavy (non-hydrogen) atoms. The molecule has 0 spiro atoms. The van der Waals surface area contributed by atoms with E-state index in [0.717, 1.165) is 34.5 Å². The minimum Gasteiger partial charge on any atom is -0.480 e. The minimum absolute atomic E-state index is 0.283. The first-order valence-corrected chi connectivity index (χ1v) is 11.0. The second kappa shape index (κ2) is 8.54. The number of hydrogen-bond acceptors (Lipinski definition) is 3. The van der Waals surface area contributed by atoms with Gasteiger partial charge in [0.1, 0.15) is 0 Å². The highest BCUT2D eigenvalue weighted by Crippen LogP contribution is 2.35. The molecule has 1 aromatic carbocycles. The summed E-state index contributed by atoms with van der Waals surface area (Å²) in [5.41, 5.74) is 8.71. The molecule has 0 amide bonds. The van der Waals surface area contributed by atoms with Crippen LogP contribution in [0.1, 0.15) is 61.5 Å². The third-order valence-electron chi connectivity index (χ3n) is 6.01. The Balaban J connectivity index is 1.87. The van der Waals surface area contributed by atoms with Gasteiger partial charge in [-0.1, -0.05) is 51.1 Å². The Morgan fingerprint density at radius 1 is 0.968 bits per heavy atom. The Labute approximate surface area is 184 Å². The highest BCUT2D eigenvalue weighted by Gasteiger charge is 2.20. The van der Waals surface area contributed by atoms with E-state index in [4.69, 9.17) is 14.7 Å². The van der Waals surface area contributed by atoms with E-state index in [1.165, 1.54) is 16.6 Å². The Hall–Kier alpha value is -3.14. The summed E-state index contributed by atoms with van der Waals surface area (Å²) >= 11 is 0. The van der Waals surface area contributed by atoms with E-state index in [0.29, 0.717) is 11.8 Å². The van der Waals surface area contributed by atoms with Crippen molar-refractivity contribution >= 4 is 11.0 Å². The van der Waals surface area contributed by atoms with Crippen LogP contribution in [0.25, 0.3) is 22.3 Å². The second-order valence-corrected chi connectivity index (χ2v) is 8.52. The van der Waals surface area contributed by atoms with Crippen LogP contribution in [0.3, 0.4) is 0 Å². The number of aromatic nitrogens is 3. The van der Waals surface area contributed by atoms with Gasteiger partial charge in [-0.05, 0) is 61.1 Å². The summed E-state index contributed by atoms with van der Waals surface area (Å²) in [6.07, 6.45) is 3.25. The second-order valence-electron chi connectivity index (χ2n) is 8.52. The van der Waals surface area contributed by atoms with E-state index in [1.54, 1.807) is 7.11 Å². The van der Waals surface area contributed by atoms with Gasteiger partial charge in [0.25, 0.3) is 0 Å². The van der Waals surface area contributed by atoms with Crippen molar-refractivity contribution in [2.45, 2.75) is 53.0 Å². The van der Waals surface area contributed by atoms with Crippen molar-refractivity contribution in [3.63, 3.8) is 0 Å². The van der Waals surface area contributed by atoms with Crippen LogP contribution < -0.4 is 4.74 Å². The zero-order valence-electron chi connectivity index (χ0n) is 19.3. The number of aryl methyl sites for hydroxylation is 2. The Bertz CT molecular complexity index is 1210. The summed E-state index contributed by atoms with van der Waals surface area (Å²) in [6.45, 7) is 10.8.